The molecule has 3 nitrogen and oxygen atoms in total. The van der Waals surface area contributed by atoms with E-state index >= 15 is 0 Å². The summed E-state index contributed by atoms with van der Waals surface area (Å²) >= 11 is 7.43. The Morgan fingerprint density at radius 1 is 1.57 bits per heavy atom. The zero-order valence-electron chi connectivity index (χ0n) is 8.24. The average Bonchev–Trinajstić information content (AvgIpc) is 2.50. The Morgan fingerprint density at radius 2 is 2.29 bits per heavy atom. The van der Waals surface area contributed by atoms with Crippen molar-refractivity contribution in [3.05, 3.63) is 21.3 Å². The van der Waals surface area contributed by atoms with Gasteiger partial charge in [0.15, 0.2) is 0 Å². The van der Waals surface area contributed by atoms with Crippen LogP contribution in [0.2, 0.25) is 4.34 Å². The van der Waals surface area contributed by atoms with E-state index in [4.69, 9.17) is 23.1 Å². The molecular formula is C9H16ClN3S. The van der Waals surface area contributed by atoms with Crippen LogP contribution in [0.1, 0.15) is 4.88 Å². The Balaban J connectivity index is 2.37. The molecule has 1 heterocycles. The highest BCUT2D eigenvalue weighted by Crippen LogP contribution is 2.22. The highest BCUT2D eigenvalue weighted by atomic mass is 35.5. The molecule has 0 aromatic carbocycles. The fourth-order valence-electron chi connectivity index (χ4n) is 1.24. The fourth-order valence-corrected chi connectivity index (χ4v) is 2.41. The van der Waals surface area contributed by atoms with E-state index in [1.54, 1.807) is 11.3 Å². The van der Waals surface area contributed by atoms with Gasteiger partial charge in [0.1, 0.15) is 0 Å². The summed E-state index contributed by atoms with van der Waals surface area (Å²) in [6.45, 7) is 2.21. The van der Waals surface area contributed by atoms with Gasteiger partial charge in [-0.15, -0.1) is 11.3 Å². The summed E-state index contributed by atoms with van der Waals surface area (Å²) in [6.07, 6.45) is 0. The van der Waals surface area contributed by atoms with Gasteiger partial charge in [0.2, 0.25) is 0 Å². The third kappa shape index (κ3) is 3.94. The van der Waals surface area contributed by atoms with Crippen LogP contribution in [0, 0.1) is 0 Å². The maximum absolute atomic E-state index is 5.83. The Hall–Kier alpha value is -0.130. The predicted molar refractivity (Wildman–Crippen MR) is 62.7 cm³/mol. The first-order valence-corrected chi connectivity index (χ1v) is 5.69. The van der Waals surface area contributed by atoms with E-state index in [0.717, 1.165) is 17.4 Å². The minimum absolute atomic E-state index is 0.0513. The highest BCUT2D eigenvalue weighted by Gasteiger charge is 2.06. The van der Waals surface area contributed by atoms with E-state index in [1.807, 2.05) is 19.2 Å². The van der Waals surface area contributed by atoms with Gasteiger partial charge in [-0.1, -0.05) is 11.6 Å². The molecule has 80 valence electrons. The van der Waals surface area contributed by atoms with Crippen molar-refractivity contribution < 1.29 is 0 Å². The first-order valence-electron chi connectivity index (χ1n) is 4.50. The summed E-state index contributed by atoms with van der Waals surface area (Å²) in [6, 6.07) is 4.01. The van der Waals surface area contributed by atoms with Crippen molar-refractivity contribution in [1.82, 2.24) is 4.90 Å². The van der Waals surface area contributed by atoms with Crippen molar-refractivity contribution >= 4 is 22.9 Å². The predicted octanol–water partition coefficient (Wildman–Crippen LogP) is 1.12. The van der Waals surface area contributed by atoms with Gasteiger partial charge in [-0.25, -0.2) is 0 Å². The van der Waals surface area contributed by atoms with Crippen molar-refractivity contribution in [1.29, 1.82) is 0 Å². The van der Waals surface area contributed by atoms with Gasteiger partial charge in [-0.3, -0.25) is 4.90 Å². The third-order valence-corrected chi connectivity index (χ3v) is 3.12. The molecule has 0 spiro atoms. The summed E-state index contributed by atoms with van der Waals surface area (Å²) in [5.41, 5.74) is 11.2. The molecule has 4 N–H and O–H groups in total. The Kier molecular flexibility index (Phi) is 4.84. The topological polar surface area (TPSA) is 55.3 Å². The molecule has 0 radical (unpaired) electrons. The molecule has 1 aromatic rings. The van der Waals surface area contributed by atoms with Crippen molar-refractivity contribution in [2.24, 2.45) is 11.5 Å². The highest BCUT2D eigenvalue weighted by molar-refractivity contribution is 7.16. The molecule has 0 fully saturated rings. The van der Waals surface area contributed by atoms with E-state index in [0.29, 0.717) is 6.54 Å². The Labute approximate surface area is 93.6 Å². The maximum atomic E-state index is 5.83. The Morgan fingerprint density at radius 3 is 2.79 bits per heavy atom. The monoisotopic (exact) mass is 233 g/mol. The zero-order valence-corrected chi connectivity index (χ0v) is 9.81. The number of nitrogens with zero attached hydrogens (tertiary/aromatic N) is 1. The van der Waals surface area contributed by atoms with Gasteiger partial charge < -0.3 is 11.5 Å². The second kappa shape index (κ2) is 5.68. The molecular weight excluding hydrogens is 218 g/mol. The van der Waals surface area contributed by atoms with Crippen LogP contribution < -0.4 is 11.5 Å². The van der Waals surface area contributed by atoms with Gasteiger partial charge in [0.25, 0.3) is 0 Å². The second-order valence-electron chi connectivity index (χ2n) is 3.40. The summed E-state index contributed by atoms with van der Waals surface area (Å²) in [4.78, 5) is 3.40. The lowest BCUT2D eigenvalue weighted by atomic mass is 10.3. The van der Waals surface area contributed by atoms with E-state index in [2.05, 4.69) is 4.90 Å². The van der Waals surface area contributed by atoms with Crippen LogP contribution in [0.3, 0.4) is 0 Å². The SMILES string of the molecule is CN(Cc1ccc(Cl)s1)CC(N)CN. The number of hydrogen-bond donors (Lipinski definition) is 2. The third-order valence-electron chi connectivity index (χ3n) is 1.90. The fraction of sp³-hybridized carbons (Fsp3) is 0.556. The lowest BCUT2D eigenvalue weighted by Gasteiger charge is -2.19. The molecule has 1 atom stereocenters. The number of likely N-dealkylation sites (N-methyl/N-ethyl adjacent to an activating group) is 1. The molecule has 1 aromatic heterocycles. The van der Waals surface area contributed by atoms with E-state index < -0.39 is 0 Å². The van der Waals surface area contributed by atoms with Gasteiger partial charge in [0.05, 0.1) is 4.34 Å². The summed E-state index contributed by atoms with van der Waals surface area (Å²) < 4.78 is 0.830. The largest absolute Gasteiger partial charge is 0.329 e. The molecule has 0 aliphatic carbocycles. The first-order chi connectivity index (χ1) is 6.61. The maximum Gasteiger partial charge on any atom is 0.0931 e. The van der Waals surface area contributed by atoms with Crippen LogP contribution in [0.25, 0.3) is 0 Å². The lowest BCUT2D eigenvalue weighted by molar-refractivity contribution is 0.308. The zero-order chi connectivity index (χ0) is 10.6. The standard InChI is InChI=1S/C9H16ClN3S/c1-13(5-7(12)4-11)6-8-2-3-9(10)14-8/h2-3,7H,4-6,11-12H2,1H3. The van der Waals surface area contributed by atoms with Gasteiger partial charge in [-0.05, 0) is 19.2 Å². The summed E-state index contributed by atoms with van der Waals surface area (Å²) in [5, 5.41) is 0. The Bertz CT molecular complexity index is 277. The molecule has 0 saturated heterocycles. The van der Waals surface area contributed by atoms with E-state index in [9.17, 15) is 0 Å². The van der Waals surface area contributed by atoms with Gasteiger partial charge in [-0.2, -0.15) is 0 Å². The van der Waals surface area contributed by atoms with Crippen molar-refractivity contribution in [2.45, 2.75) is 12.6 Å². The normalized spacial score (nSPS) is 13.5. The molecule has 0 saturated carbocycles. The first kappa shape index (κ1) is 11.9. The van der Waals surface area contributed by atoms with E-state index in [-0.39, 0.29) is 6.04 Å². The molecule has 0 aliphatic heterocycles. The van der Waals surface area contributed by atoms with Crippen LogP contribution in [0.5, 0.6) is 0 Å². The summed E-state index contributed by atoms with van der Waals surface area (Å²) in [5.74, 6) is 0. The average molecular weight is 234 g/mol. The van der Waals surface area contributed by atoms with Crippen LogP contribution in [-0.2, 0) is 6.54 Å². The van der Waals surface area contributed by atoms with Crippen LogP contribution in [0.15, 0.2) is 12.1 Å². The van der Waals surface area contributed by atoms with Crippen molar-refractivity contribution in [3.63, 3.8) is 0 Å². The van der Waals surface area contributed by atoms with Crippen LogP contribution in [0.4, 0.5) is 0 Å². The number of nitrogens with two attached hydrogens (primary N) is 2. The smallest absolute Gasteiger partial charge is 0.0931 e. The van der Waals surface area contributed by atoms with Crippen molar-refractivity contribution in [3.8, 4) is 0 Å². The molecule has 0 bridgehead atoms. The quantitative estimate of drug-likeness (QED) is 0.802. The van der Waals surface area contributed by atoms with Crippen LogP contribution in [-0.4, -0.2) is 31.1 Å². The van der Waals surface area contributed by atoms with Crippen molar-refractivity contribution in [2.75, 3.05) is 20.1 Å². The minimum Gasteiger partial charge on any atom is -0.329 e. The van der Waals surface area contributed by atoms with Crippen LogP contribution >= 0.6 is 22.9 Å². The number of rotatable bonds is 5. The lowest BCUT2D eigenvalue weighted by Crippen LogP contribution is -2.40. The number of halogens is 1. The second-order valence-corrected chi connectivity index (χ2v) is 5.20. The number of hydrogen-bond acceptors (Lipinski definition) is 4. The molecule has 14 heavy (non-hydrogen) atoms. The molecule has 5 heteroatoms. The molecule has 1 rings (SSSR count). The molecule has 1 unspecified atom stereocenters. The van der Waals surface area contributed by atoms with E-state index in [1.165, 1.54) is 4.88 Å². The van der Waals surface area contributed by atoms with Gasteiger partial charge >= 0.3 is 0 Å². The minimum atomic E-state index is 0.0513. The number of thiophene rings is 1. The van der Waals surface area contributed by atoms with Gasteiger partial charge in [0, 0.05) is 30.6 Å². The molecule has 0 aliphatic rings. The molecule has 0 amide bonds. The summed E-state index contributed by atoms with van der Waals surface area (Å²) in [7, 11) is 2.03.